The maximum absolute atomic E-state index is 9.54. The fourth-order valence-corrected chi connectivity index (χ4v) is 1.09. The second kappa shape index (κ2) is 2.49. The van der Waals surface area contributed by atoms with E-state index in [1.165, 1.54) is 0 Å². The monoisotopic (exact) mass is 146 g/mol. The van der Waals surface area contributed by atoms with Crippen molar-refractivity contribution in [2.24, 2.45) is 0 Å². The van der Waals surface area contributed by atoms with E-state index >= 15 is 0 Å². The third kappa shape index (κ3) is 1.17. The standard InChI is InChI=1S/C7H14O3/c1-5-7(2,9)6(8)3-4-10-5/h5-6,8-9H,3-4H2,1-2H3/t5-,6+,7-/m0/s1. The molecule has 0 spiro atoms. The van der Waals surface area contributed by atoms with Gasteiger partial charge in [0.1, 0.15) is 5.60 Å². The van der Waals surface area contributed by atoms with Gasteiger partial charge in [0.2, 0.25) is 0 Å². The van der Waals surface area contributed by atoms with E-state index in [2.05, 4.69) is 0 Å². The lowest BCUT2D eigenvalue weighted by atomic mass is 9.89. The summed E-state index contributed by atoms with van der Waals surface area (Å²) in [6, 6.07) is 0. The lowest BCUT2D eigenvalue weighted by Gasteiger charge is -2.38. The van der Waals surface area contributed by atoms with Crippen molar-refractivity contribution in [3.63, 3.8) is 0 Å². The summed E-state index contributed by atoms with van der Waals surface area (Å²) in [7, 11) is 0. The fourth-order valence-electron chi connectivity index (χ4n) is 1.09. The van der Waals surface area contributed by atoms with Crippen molar-refractivity contribution in [1.29, 1.82) is 0 Å². The van der Waals surface area contributed by atoms with Gasteiger partial charge in [-0.2, -0.15) is 0 Å². The van der Waals surface area contributed by atoms with E-state index in [1.807, 2.05) is 0 Å². The van der Waals surface area contributed by atoms with E-state index in [0.717, 1.165) is 0 Å². The SMILES string of the molecule is C[C@@H]1OCC[C@@H](O)[C@@]1(C)O. The predicted molar refractivity (Wildman–Crippen MR) is 36.7 cm³/mol. The van der Waals surface area contributed by atoms with Gasteiger partial charge in [-0.1, -0.05) is 0 Å². The van der Waals surface area contributed by atoms with Crippen LogP contribution < -0.4 is 0 Å². The van der Waals surface area contributed by atoms with Crippen molar-refractivity contribution in [1.82, 2.24) is 0 Å². The Hall–Kier alpha value is -0.120. The molecule has 3 heteroatoms. The summed E-state index contributed by atoms with van der Waals surface area (Å²) in [6.07, 6.45) is -0.385. The zero-order valence-corrected chi connectivity index (χ0v) is 6.37. The van der Waals surface area contributed by atoms with Crippen molar-refractivity contribution in [2.75, 3.05) is 6.61 Å². The molecule has 3 atom stereocenters. The molecule has 0 saturated carbocycles. The molecule has 0 unspecified atom stereocenters. The van der Waals surface area contributed by atoms with Crippen LogP contribution in [0.2, 0.25) is 0 Å². The molecule has 0 aromatic heterocycles. The molecule has 1 saturated heterocycles. The number of aliphatic hydroxyl groups is 2. The summed E-state index contributed by atoms with van der Waals surface area (Å²) in [4.78, 5) is 0. The highest BCUT2D eigenvalue weighted by Gasteiger charge is 2.39. The predicted octanol–water partition coefficient (Wildman–Crippen LogP) is -0.0929. The minimum absolute atomic E-state index is 0.267. The van der Waals surface area contributed by atoms with Crippen LogP contribution in [0.5, 0.6) is 0 Å². The smallest absolute Gasteiger partial charge is 0.113 e. The molecule has 10 heavy (non-hydrogen) atoms. The second-order valence-electron chi connectivity index (χ2n) is 3.04. The van der Waals surface area contributed by atoms with Crippen molar-refractivity contribution in [2.45, 2.75) is 38.1 Å². The van der Waals surface area contributed by atoms with E-state index in [-0.39, 0.29) is 6.10 Å². The summed E-state index contributed by atoms with van der Waals surface area (Å²) in [6.45, 7) is 3.91. The maximum atomic E-state index is 9.54. The molecule has 1 fully saturated rings. The van der Waals surface area contributed by atoms with Crippen LogP contribution in [0.4, 0.5) is 0 Å². The molecule has 1 aliphatic rings. The van der Waals surface area contributed by atoms with Gasteiger partial charge in [0.25, 0.3) is 0 Å². The Bertz CT molecular complexity index is 110. The number of ether oxygens (including phenoxy) is 1. The van der Waals surface area contributed by atoms with Gasteiger partial charge in [-0.05, 0) is 20.3 Å². The first kappa shape index (κ1) is 7.98. The van der Waals surface area contributed by atoms with E-state index in [9.17, 15) is 10.2 Å². The molecule has 0 aromatic carbocycles. The summed E-state index contributed by atoms with van der Waals surface area (Å²) >= 11 is 0. The van der Waals surface area contributed by atoms with Gasteiger partial charge >= 0.3 is 0 Å². The number of hydrogen-bond donors (Lipinski definition) is 2. The van der Waals surface area contributed by atoms with Crippen molar-refractivity contribution < 1.29 is 14.9 Å². The first-order chi connectivity index (χ1) is 4.55. The number of hydrogen-bond acceptors (Lipinski definition) is 3. The van der Waals surface area contributed by atoms with Crippen LogP contribution in [-0.2, 0) is 4.74 Å². The van der Waals surface area contributed by atoms with E-state index < -0.39 is 11.7 Å². The van der Waals surface area contributed by atoms with E-state index in [4.69, 9.17) is 4.74 Å². The summed E-state index contributed by atoms with van der Waals surface area (Å²) < 4.78 is 5.15. The Morgan fingerprint density at radius 1 is 1.60 bits per heavy atom. The van der Waals surface area contributed by atoms with Crippen LogP contribution >= 0.6 is 0 Å². The lowest BCUT2D eigenvalue weighted by molar-refractivity contribution is -0.187. The Balaban J connectivity index is 2.63. The van der Waals surface area contributed by atoms with Crippen LogP contribution in [0.15, 0.2) is 0 Å². The Labute approximate surface area is 60.6 Å². The molecule has 1 rings (SSSR count). The van der Waals surface area contributed by atoms with Gasteiger partial charge in [0.15, 0.2) is 0 Å². The first-order valence-corrected chi connectivity index (χ1v) is 3.57. The molecule has 0 aliphatic carbocycles. The molecular formula is C7H14O3. The van der Waals surface area contributed by atoms with Gasteiger partial charge in [-0.3, -0.25) is 0 Å². The Kier molecular flexibility index (Phi) is 1.99. The van der Waals surface area contributed by atoms with Crippen LogP contribution in [0.1, 0.15) is 20.3 Å². The van der Waals surface area contributed by atoms with Crippen molar-refractivity contribution in [3.8, 4) is 0 Å². The normalized spacial score (nSPS) is 49.2. The van der Waals surface area contributed by atoms with Crippen LogP contribution in [0.25, 0.3) is 0 Å². The van der Waals surface area contributed by atoms with Gasteiger partial charge < -0.3 is 14.9 Å². The van der Waals surface area contributed by atoms with Crippen LogP contribution in [0, 0.1) is 0 Å². The second-order valence-corrected chi connectivity index (χ2v) is 3.04. The Morgan fingerprint density at radius 3 is 2.60 bits per heavy atom. The fraction of sp³-hybridized carbons (Fsp3) is 1.00. The summed E-state index contributed by atoms with van der Waals surface area (Å²) in [5.41, 5.74) is -1.07. The first-order valence-electron chi connectivity index (χ1n) is 3.57. The molecule has 0 radical (unpaired) electrons. The van der Waals surface area contributed by atoms with E-state index in [1.54, 1.807) is 13.8 Å². The van der Waals surface area contributed by atoms with Crippen molar-refractivity contribution >= 4 is 0 Å². The maximum Gasteiger partial charge on any atom is 0.113 e. The molecule has 0 amide bonds. The quantitative estimate of drug-likeness (QED) is 0.502. The number of rotatable bonds is 0. The van der Waals surface area contributed by atoms with Crippen LogP contribution in [0.3, 0.4) is 0 Å². The molecule has 0 bridgehead atoms. The summed E-state index contributed by atoms with van der Waals surface area (Å²) in [5.74, 6) is 0. The highest BCUT2D eigenvalue weighted by molar-refractivity contribution is 4.90. The highest BCUT2D eigenvalue weighted by Crippen LogP contribution is 2.24. The molecule has 3 nitrogen and oxygen atoms in total. The molecule has 1 heterocycles. The average molecular weight is 146 g/mol. The van der Waals surface area contributed by atoms with Gasteiger partial charge in [-0.25, -0.2) is 0 Å². The highest BCUT2D eigenvalue weighted by atomic mass is 16.5. The molecule has 1 aliphatic heterocycles. The summed E-state index contributed by atoms with van der Waals surface area (Å²) in [5, 5.41) is 18.8. The largest absolute Gasteiger partial charge is 0.390 e. The zero-order chi connectivity index (χ0) is 7.78. The van der Waals surface area contributed by atoms with Crippen LogP contribution in [-0.4, -0.2) is 34.6 Å². The topological polar surface area (TPSA) is 49.7 Å². The van der Waals surface area contributed by atoms with Crippen molar-refractivity contribution in [3.05, 3.63) is 0 Å². The minimum atomic E-state index is -1.07. The third-order valence-electron chi connectivity index (χ3n) is 2.26. The molecule has 0 aromatic rings. The minimum Gasteiger partial charge on any atom is -0.390 e. The number of aliphatic hydroxyl groups excluding tert-OH is 1. The zero-order valence-electron chi connectivity index (χ0n) is 6.37. The van der Waals surface area contributed by atoms with Gasteiger partial charge in [0.05, 0.1) is 12.2 Å². The molecular weight excluding hydrogens is 132 g/mol. The van der Waals surface area contributed by atoms with E-state index in [0.29, 0.717) is 13.0 Å². The lowest BCUT2D eigenvalue weighted by Crippen LogP contribution is -2.53. The Morgan fingerprint density at radius 2 is 2.20 bits per heavy atom. The third-order valence-corrected chi connectivity index (χ3v) is 2.26. The average Bonchev–Trinajstić information content (AvgIpc) is 1.84. The molecule has 2 N–H and O–H groups in total. The van der Waals surface area contributed by atoms with Gasteiger partial charge in [-0.15, -0.1) is 0 Å². The van der Waals surface area contributed by atoms with Gasteiger partial charge in [0, 0.05) is 6.61 Å². The molecule has 60 valence electrons.